The summed E-state index contributed by atoms with van der Waals surface area (Å²) in [6.07, 6.45) is 0.814. The molecule has 36 heavy (non-hydrogen) atoms. The van der Waals surface area contributed by atoms with Crippen LogP contribution in [0.3, 0.4) is 0 Å². The number of aromatic nitrogens is 1. The van der Waals surface area contributed by atoms with Crippen LogP contribution in [0, 0.1) is 0 Å². The molecule has 2 aromatic rings. The van der Waals surface area contributed by atoms with Gasteiger partial charge in [-0.25, -0.2) is 4.79 Å². The molecule has 5 amide bonds. The van der Waals surface area contributed by atoms with Crippen LogP contribution in [-0.2, 0) is 35.2 Å². The first-order valence-electron chi connectivity index (χ1n) is 10.9. The second-order valence-electron chi connectivity index (χ2n) is 8.08. The van der Waals surface area contributed by atoms with E-state index in [9.17, 15) is 33.9 Å². The number of carboxylic acids is 1. The fraction of sp³-hybridized carbons (Fsp3) is 0.364. The molecule has 0 bridgehead atoms. The highest BCUT2D eigenvalue weighted by atomic mass is 16.4. The number of para-hydroxylation sites is 1. The maximum absolute atomic E-state index is 12.5. The highest BCUT2D eigenvalue weighted by molar-refractivity contribution is 5.95. The van der Waals surface area contributed by atoms with Gasteiger partial charge in [-0.05, 0) is 18.1 Å². The molecule has 3 unspecified atom stereocenters. The fourth-order valence-electron chi connectivity index (χ4n) is 3.37. The molecule has 1 aromatic carbocycles. The fourth-order valence-corrected chi connectivity index (χ4v) is 3.37. The first kappa shape index (κ1) is 27.8. The first-order chi connectivity index (χ1) is 17.0. The van der Waals surface area contributed by atoms with E-state index in [0.717, 1.165) is 10.9 Å². The minimum Gasteiger partial charge on any atom is -0.480 e. The monoisotopic (exact) mass is 503 g/mol. The number of hydrogen-bond acceptors (Lipinski definition) is 7. The number of hydrogen-bond donors (Lipinski definition) is 8. The van der Waals surface area contributed by atoms with E-state index in [-0.39, 0.29) is 19.3 Å². The van der Waals surface area contributed by atoms with Gasteiger partial charge >= 0.3 is 5.97 Å². The minimum absolute atomic E-state index is 0.0113. The molecule has 0 aliphatic carbocycles. The van der Waals surface area contributed by atoms with Gasteiger partial charge in [0, 0.05) is 29.9 Å². The molecule has 0 radical (unpaired) electrons. The molecule has 0 aliphatic rings. The lowest BCUT2D eigenvalue weighted by Crippen LogP contribution is -2.54. The topological polar surface area (TPSA) is 253 Å². The van der Waals surface area contributed by atoms with Crippen LogP contribution >= 0.6 is 0 Å². The molecule has 1 aromatic heterocycles. The molecule has 11 N–H and O–H groups in total. The van der Waals surface area contributed by atoms with Gasteiger partial charge in [-0.15, -0.1) is 0 Å². The lowest BCUT2D eigenvalue weighted by Gasteiger charge is -2.20. The highest BCUT2D eigenvalue weighted by Gasteiger charge is 2.27. The summed E-state index contributed by atoms with van der Waals surface area (Å²) in [5.74, 6) is -5.40. The maximum atomic E-state index is 12.5. The number of benzene rings is 1. The van der Waals surface area contributed by atoms with E-state index in [1.165, 1.54) is 0 Å². The lowest BCUT2D eigenvalue weighted by molar-refractivity contribution is -0.141. The molecule has 194 valence electrons. The van der Waals surface area contributed by atoms with Crippen LogP contribution in [0.2, 0.25) is 0 Å². The largest absolute Gasteiger partial charge is 0.480 e. The molecule has 0 fully saturated rings. The quantitative estimate of drug-likeness (QED) is 0.135. The van der Waals surface area contributed by atoms with Gasteiger partial charge in [-0.1, -0.05) is 18.2 Å². The predicted molar refractivity (Wildman–Crippen MR) is 127 cm³/mol. The summed E-state index contributed by atoms with van der Waals surface area (Å²) < 4.78 is 0. The predicted octanol–water partition coefficient (Wildman–Crippen LogP) is -2.65. The van der Waals surface area contributed by atoms with Crippen LogP contribution < -0.4 is 33.2 Å². The zero-order valence-electron chi connectivity index (χ0n) is 19.3. The third-order valence-electron chi connectivity index (χ3n) is 5.23. The number of carbonyl (C=O) groups is 6. The Kier molecular flexibility index (Phi) is 9.92. The van der Waals surface area contributed by atoms with Gasteiger partial charge in [-0.2, -0.15) is 0 Å². The molecule has 0 aliphatic heterocycles. The first-order valence-corrected chi connectivity index (χ1v) is 10.9. The van der Waals surface area contributed by atoms with Crippen molar-refractivity contribution >= 4 is 46.4 Å². The van der Waals surface area contributed by atoms with Gasteiger partial charge in [-0.3, -0.25) is 24.0 Å². The zero-order valence-corrected chi connectivity index (χ0v) is 19.3. The van der Waals surface area contributed by atoms with E-state index >= 15 is 0 Å². The molecule has 0 saturated carbocycles. The number of rotatable bonds is 14. The number of amides is 5. The second kappa shape index (κ2) is 12.9. The highest BCUT2D eigenvalue weighted by Crippen LogP contribution is 2.19. The number of nitrogens with two attached hydrogens (primary N) is 3. The second-order valence-corrected chi connectivity index (χ2v) is 8.08. The Hall–Kier alpha value is -4.46. The number of H-pyrrole nitrogens is 1. The number of fused-ring (bicyclic) bond motifs is 1. The van der Waals surface area contributed by atoms with E-state index in [1.54, 1.807) is 12.3 Å². The summed E-state index contributed by atoms with van der Waals surface area (Å²) in [5, 5.41) is 17.1. The Balaban J connectivity index is 1.95. The van der Waals surface area contributed by atoms with E-state index in [1.807, 2.05) is 18.2 Å². The summed E-state index contributed by atoms with van der Waals surface area (Å²) >= 11 is 0. The van der Waals surface area contributed by atoms with Crippen molar-refractivity contribution in [2.45, 2.75) is 43.8 Å². The molecule has 0 saturated heterocycles. The number of carbonyl (C=O) groups excluding carboxylic acids is 5. The van der Waals surface area contributed by atoms with Crippen molar-refractivity contribution < 1.29 is 33.9 Å². The maximum Gasteiger partial charge on any atom is 0.326 e. The van der Waals surface area contributed by atoms with Crippen LogP contribution in [-0.4, -0.2) is 70.3 Å². The van der Waals surface area contributed by atoms with Gasteiger partial charge in [0.2, 0.25) is 29.5 Å². The smallest absolute Gasteiger partial charge is 0.326 e. The zero-order chi connectivity index (χ0) is 26.8. The third kappa shape index (κ3) is 8.39. The Labute approximate surface area is 205 Å². The minimum atomic E-state index is -1.44. The summed E-state index contributed by atoms with van der Waals surface area (Å²) in [6.45, 7) is -0.630. The van der Waals surface area contributed by atoms with Gasteiger partial charge in [0.1, 0.15) is 12.1 Å². The number of carboxylic acid groups (broad SMARTS) is 1. The summed E-state index contributed by atoms with van der Waals surface area (Å²) in [7, 11) is 0. The van der Waals surface area contributed by atoms with Gasteiger partial charge in [0.05, 0.1) is 19.0 Å². The van der Waals surface area contributed by atoms with E-state index in [0.29, 0.717) is 5.56 Å². The van der Waals surface area contributed by atoms with Crippen molar-refractivity contribution in [2.24, 2.45) is 17.2 Å². The van der Waals surface area contributed by atoms with Gasteiger partial charge in [0.25, 0.3) is 0 Å². The van der Waals surface area contributed by atoms with Crippen molar-refractivity contribution in [1.82, 2.24) is 20.9 Å². The Morgan fingerprint density at radius 2 is 1.64 bits per heavy atom. The van der Waals surface area contributed by atoms with Crippen LogP contribution in [0.25, 0.3) is 10.9 Å². The van der Waals surface area contributed by atoms with Crippen LogP contribution in [0.1, 0.15) is 24.8 Å². The van der Waals surface area contributed by atoms with Crippen LogP contribution in [0.15, 0.2) is 30.5 Å². The van der Waals surface area contributed by atoms with Crippen molar-refractivity contribution in [2.75, 3.05) is 6.54 Å². The van der Waals surface area contributed by atoms with E-state index in [2.05, 4.69) is 20.9 Å². The molecular weight excluding hydrogens is 474 g/mol. The van der Waals surface area contributed by atoms with Gasteiger partial charge in [0.15, 0.2) is 0 Å². The Bertz CT molecular complexity index is 1150. The standard InChI is InChI=1S/C22H29N7O7/c23-13(5-6-17(24)30)20(33)29-15(8-18(25)31)21(34)27-10-19(32)28-16(22(35)36)7-11-9-26-14-4-2-1-3-12(11)14/h1-4,9,13,15-16,26H,5-8,10,23H2,(H2,24,30)(H2,25,31)(H,27,34)(H,28,32)(H,29,33)(H,35,36). The SMILES string of the molecule is NC(=O)CCC(N)C(=O)NC(CC(N)=O)C(=O)NCC(=O)NC(Cc1c[nH]c2ccccc12)C(=O)O. The number of primary amides is 2. The third-order valence-corrected chi connectivity index (χ3v) is 5.23. The molecule has 14 nitrogen and oxygen atoms in total. The van der Waals surface area contributed by atoms with Gasteiger partial charge < -0.3 is 43.2 Å². The molecule has 14 heteroatoms. The van der Waals surface area contributed by atoms with E-state index in [4.69, 9.17) is 17.2 Å². The van der Waals surface area contributed by atoms with Crippen LogP contribution in [0.4, 0.5) is 0 Å². The molecule has 0 spiro atoms. The molecule has 3 atom stereocenters. The average Bonchev–Trinajstić information content (AvgIpc) is 3.22. The Morgan fingerprint density at radius 1 is 0.944 bits per heavy atom. The number of aliphatic carboxylic acids is 1. The molecule has 1 heterocycles. The normalized spacial score (nSPS) is 13.2. The van der Waals surface area contributed by atoms with Crippen molar-refractivity contribution in [3.05, 3.63) is 36.0 Å². The molecule has 2 rings (SSSR count). The summed E-state index contributed by atoms with van der Waals surface area (Å²) in [4.78, 5) is 73.9. The van der Waals surface area contributed by atoms with E-state index < -0.39 is 66.6 Å². The van der Waals surface area contributed by atoms with Crippen molar-refractivity contribution in [1.29, 1.82) is 0 Å². The molecular formula is C22H29N7O7. The number of aromatic amines is 1. The van der Waals surface area contributed by atoms with Crippen molar-refractivity contribution in [3.63, 3.8) is 0 Å². The summed E-state index contributed by atoms with van der Waals surface area (Å²) in [5.41, 5.74) is 17.3. The summed E-state index contributed by atoms with van der Waals surface area (Å²) in [6, 6.07) is 3.37. The lowest BCUT2D eigenvalue weighted by atomic mass is 10.0. The Morgan fingerprint density at radius 3 is 2.28 bits per heavy atom. The average molecular weight is 504 g/mol. The number of nitrogens with one attached hydrogen (secondary N) is 4. The van der Waals surface area contributed by atoms with Crippen LogP contribution in [0.5, 0.6) is 0 Å². The van der Waals surface area contributed by atoms with Crippen molar-refractivity contribution in [3.8, 4) is 0 Å².